The molecule has 0 spiro atoms. The first-order chi connectivity index (χ1) is 37.9. The van der Waals surface area contributed by atoms with Gasteiger partial charge in [0.1, 0.15) is 0 Å². The van der Waals surface area contributed by atoms with E-state index in [0.717, 1.165) is 47.5 Å². The number of aliphatic hydroxyl groups excluding tert-OH is 1. The number of hydrogen-bond donors (Lipinski definition) is 6. The fourth-order valence-electron chi connectivity index (χ4n) is 7.85. The van der Waals surface area contributed by atoms with Crippen molar-refractivity contribution in [2.24, 2.45) is 0 Å². The second-order valence-electron chi connectivity index (χ2n) is 16.7. The maximum absolute atomic E-state index is 12.4. The Balaban J connectivity index is 0.00000110. The van der Waals surface area contributed by atoms with E-state index in [1.807, 2.05) is 55.5 Å². The fourth-order valence-corrected chi connectivity index (χ4v) is 8.95. The van der Waals surface area contributed by atoms with Gasteiger partial charge in [-0.25, -0.2) is 28.8 Å². The van der Waals surface area contributed by atoms with Crippen molar-refractivity contribution in [2.75, 3.05) is 58.1 Å². The third-order valence-electron chi connectivity index (χ3n) is 11.4. The molecule has 1 atom stereocenters. The number of rotatable bonds is 16. The molecule has 6 aromatic rings. The number of carbonyl (C=O) groups excluding carboxylic acids is 5. The van der Waals surface area contributed by atoms with Gasteiger partial charge in [-0.1, -0.05) is 117 Å². The van der Waals surface area contributed by atoms with Crippen LogP contribution in [-0.4, -0.2) is 126 Å². The molecule has 1 aliphatic rings. The molecule has 1 fully saturated rings. The van der Waals surface area contributed by atoms with Crippen molar-refractivity contribution in [3.05, 3.63) is 177 Å². The number of ether oxygens (including phenoxy) is 5. The van der Waals surface area contributed by atoms with Crippen LogP contribution < -0.4 is 29.6 Å². The van der Waals surface area contributed by atoms with E-state index < -0.39 is 42.1 Å². The number of carboxylic acids is 2. The molecule has 6 aromatic carbocycles. The summed E-state index contributed by atoms with van der Waals surface area (Å²) in [6, 6.07) is 36.4. The van der Waals surface area contributed by atoms with E-state index in [9.17, 15) is 33.6 Å². The molecule has 436 valence electrons. The molecule has 1 heterocycles. The summed E-state index contributed by atoms with van der Waals surface area (Å²) in [5.41, 5.74) is 8.63. The van der Waals surface area contributed by atoms with Crippen LogP contribution >= 0.6 is 49.6 Å². The zero-order valence-corrected chi connectivity index (χ0v) is 51.7. The molecule has 21 heteroatoms. The zero-order valence-electron chi connectivity index (χ0n) is 46.2. The van der Waals surface area contributed by atoms with Gasteiger partial charge in [-0.15, -0.1) is 0 Å². The van der Waals surface area contributed by atoms with E-state index in [1.165, 1.54) is 59.3 Å². The number of aromatic carboxylic acids is 2. The summed E-state index contributed by atoms with van der Waals surface area (Å²) >= 11 is 13.4. The predicted molar refractivity (Wildman–Crippen MR) is 326 cm³/mol. The first-order valence-corrected chi connectivity index (χ1v) is 27.6. The normalized spacial score (nSPS) is 11.5. The Hall–Kier alpha value is -5.91. The molecule has 16 nitrogen and oxygen atoms in total. The van der Waals surface area contributed by atoms with Gasteiger partial charge in [0, 0.05) is 25.7 Å². The number of benzene rings is 6. The number of esters is 4. The van der Waals surface area contributed by atoms with Crippen molar-refractivity contribution in [3.63, 3.8) is 0 Å². The number of methoxy groups -OCH3 is 4. The Labute approximate surface area is 522 Å². The van der Waals surface area contributed by atoms with Crippen LogP contribution in [0.1, 0.15) is 113 Å². The SMILES string of the molecule is C.CCS.COC(=O)c1c(CCS)cccc1-c1cccc(C(=O)O)c1.COC(=O)c1c(CCS)cccc1-c1cccc(C(=O)O)c1.COC(=O)c1cccc(-c2cccc(CCSC(C)=O)c2C(=O)OC)c1.OC1CCCO1.[Na+].[OH-]. The molecule has 0 aliphatic carbocycles. The first kappa shape index (κ1) is 76.1. The molecule has 82 heavy (non-hydrogen) atoms. The number of carbonyl (C=O) groups is 7. The van der Waals surface area contributed by atoms with Crippen molar-refractivity contribution in [1.29, 1.82) is 0 Å². The number of hydrogen-bond acceptors (Lipinski definition) is 18. The van der Waals surface area contributed by atoms with E-state index in [4.69, 9.17) is 39.0 Å². The Morgan fingerprint density at radius 1 is 0.549 bits per heavy atom. The topological polar surface area (TPSA) is 256 Å². The molecule has 1 unspecified atom stereocenters. The van der Waals surface area contributed by atoms with Gasteiger partial charge in [0.15, 0.2) is 11.4 Å². The van der Waals surface area contributed by atoms with E-state index >= 15 is 0 Å². The zero-order chi connectivity index (χ0) is 58.4. The Kier molecular flexibility index (Phi) is 38.2. The summed E-state index contributed by atoms with van der Waals surface area (Å²) in [7, 11) is 5.31. The molecular formula is C61H71NaO16S4. The molecule has 0 aromatic heterocycles. The summed E-state index contributed by atoms with van der Waals surface area (Å²) in [6.07, 6.45) is 3.19. The van der Waals surface area contributed by atoms with Crippen molar-refractivity contribution < 1.29 is 108 Å². The standard InChI is InChI=1S/C20H20O5S.2C17H16O4S.C4H8O2.C2H6S.CH4.Na.H2O/c1-13(21)26-11-10-14-6-5-9-17(18(14)20(23)25-3)15-7-4-8-16(12-15)19(22)24-2;2*1-21-17(20)15-11(8-9-22)4-3-7-14(15)12-5-2-6-13(10-12)16(18)19;5-4-2-1-3-6-4;1-2-3;;;/h4-9,12H,10-11H2,1-3H3;2*2-7,10,22H,8-9H2,1H3,(H,18,19);4-5H,1-3H2;3H,2H2,1H3;1H4;;1H2/q;;;;;;+1;/p-1. The quantitative estimate of drug-likeness (QED) is 0.0229. The average molecular weight is 1210 g/mol. The summed E-state index contributed by atoms with van der Waals surface area (Å²) < 4.78 is 24.2. The minimum absolute atomic E-state index is 0. The molecule has 0 amide bonds. The van der Waals surface area contributed by atoms with Gasteiger partial charge in [-0.05, 0) is 129 Å². The van der Waals surface area contributed by atoms with E-state index in [0.29, 0.717) is 86.6 Å². The van der Waals surface area contributed by atoms with Gasteiger partial charge < -0.3 is 44.5 Å². The number of aryl methyl sites for hydroxylation is 3. The third kappa shape index (κ3) is 23.8. The van der Waals surface area contributed by atoms with Crippen LogP contribution in [-0.2, 0) is 47.7 Å². The maximum Gasteiger partial charge on any atom is 1.00 e. The molecule has 4 N–H and O–H groups in total. The average Bonchev–Trinajstić information content (AvgIpc) is 4.01. The second kappa shape index (κ2) is 41.1. The smallest absolute Gasteiger partial charge is 0.870 e. The van der Waals surface area contributed by atoms with Crippen LogP contribution in [0, 0.1) is 0 Å². The van der Waals surface area contributed by atoms with Gasteiger partial charge in [-0.3, -0.25) is 4.79 Å². The Morgan fingerprint density at radius 3 is 1.16 bits per heavy atom. The van der Waals surface area contributed by atoms with Crippen LogP contribution in [0.3, 0.4) is 0 Å². The number of carboxylic acid groups (broad SMARTS) is 2. The van der Waals surface area contributed by atoms with Gasteiger partial charge in [0.05, 0.1) is 61.8 Å². The number of aliphatic hydroxyl groups is 1. The fraction of sp³-hybridized carbons (Fsp3) is 0.295. The van der Waals surface area contributed by atoms with Gasteiger partial charge in [-0.2, -0.15) is 37.9 Å². The van der Waals surface area contributed by atoms with Crippen molar-refractivity contribution in [2.45, 2.75) is 59.7 Å². The maximum atomic E-state index is 12.4. The van der Waals surface area contributed by atoms with Crippen LogP contribution in [0.25, 0.3) is 33.4 Å². The van der Waals surface area contributed by atoms with E-state index in [1.54, 1.807) is 66.7 Å². The van der Waals surface area contributed by atoms with Crippen LogP contribution in [0.5, 0.6) is 0 Å². The minimum atomic E-state index is -1.01. The largest absolute Gasteiger partial charge is 1.00 e. The molecule has 0 radical (unpaired) electrons. The van der Waals surface area contributed by atoms with Crippen molar-refractivity contribution >= 4 is 90.6 Å². The Bertz CT molecular complexity index is 2900. The second-order valence-corrected chi connectivity index (χ2v) is 19.5. The summed E-state index contributed by atoms with van der Waals surface area (Å²) in [6.45, 7) is 4.24. The van der Waals surface area contributed by atoms with Crippen LogP contribution in [0.15, 0.2) is 127 Å². The summed E-state index contributed by atoms with van der Waals surface area (Å²) in [5, 5.41) is 26.8. The van der Waals surface area contributed by atoms with Crippen LogP contribution in [0.4, 0.5) is 0 Å². The van der Waals surface area contributed by atoms with Gasteiger partial charge >= 0.3 is 65.4 Å². The Morgan fingerprint density at radius 2 is 0.878 bits per heavy atom. The number of thioether (sulfide) groups is 1. The van der Waals surface area contributed by atoms with Gasteiger partial charge in [0.2, 0.25) is 0 Å². The molecule has 0 saturated carbocycles. The molecule has 0 bridgehead atoms. The van der Waals surface area contributed by atoms with Crippen molar-refractivity contribution in [3.8, 4) is 33.4 Å². The monoisotopic (exact) mass is 1210 g/mol. The molecular weight excluding hydrogens is 1140 g/mol. The van der Waals surface area contributed by atoms with E-state index in [-0.39, 0.29) is 58.7 Å². The molecule has 1 aliphatic heterocycles. The molecule has 1 saturated heterocycles. The molecule has 7 rings (SSSR count). The van der Waals surface area contributed by atoms with E-state index in [2.05, 4.69) is 37.9 Å². The third-order valence-corrected chi connectivity index (χ3v) is 12.7. The van der Waals surface area contributed by atoms with Gasteiger partial charge in [0.25, 0.3) is 0 Å². The summed E-state index contributed by atoms with van der Waals surface area (Å²) in [4.78, 5) is 81.9. The summed E-state index contributed by atoms with van der Waals surface area (Å²) in [5.74, 6) is -1.06. The minimum Gasteiger partial charge on any atom is -0.870 e. The first-order valence-electron chi connectivity index (χ1n) is 24.7. The van der Waals surface area contributed by atoms with Crippen LogP contribution in [0.2, 0.25) is 0 Å². The predicted octanol–water partition coefficient (Wildman–Crippen LogP) is 8.89. The van der Waals surface area contributed by atoms with Crippen molar-refractivity contribution in [1.82, 2.24) is 0 Å². The number of thiol groups is 3.